The summed E-state index contributed by atoms with van der Waals surface area (Å²) in [4.78, 5) is 13.7. The number of ether oxygens (including phenoxy) is 1. The number of nitrogens with zero attached hydrogens (tertiary/aromatic N) is 1. The summed E-state index contributed by atoms with van der Waals surface area (Å²) in [6.07, 6.45) is 3.96. The Labute approximate surface area is 163 Å². The zero-order valence-corrected chi connectivity index (χ0v) is 16.7. The van der Waals surface area contributed by atoms with Crippen LogP contribution in [0.25, 0.3) is 21.7 Å². The molecule has 5 rings (SSSR count). The van der Waals surface area contributed by atoms with Gasteiger partial charge in [-0.3, -0.25) is 4.79 Å². The molecule has 2 aliphatic rings. The highest BCUT2D eigenvalue weighted by Crippen LogP contribution is 2.48. The van der Waals surface area contributed by atoms with Crippen molar-refractivity contribution >= 4 is 11.3 Å². The summed E-state index contributed by atoms with van der Waals surface area (Å²) in [5.74, 6) is 1.51. The molecule has 2 aliphatic heterocycles. The van der Waals surface area contributed by atoms with Crippen molar-refractivity contribution in [2.75, 3.05) is 6.61 Å². The average Bonchev–Trinajstić information content (AvgIpc) is 3.33. The zero-order chi connectivity index (χ0) is 18.7. The van der Waals surface area contributed by atoms with Crippen molar-refractivity contribution in [1.29, 1.82) is 0 Å². The van der Waals surface area contributed by atoms with E-state index in [1.807, 2.05) is 13.0 Å². The summed E-state index contributed by atoms with van der Waals surface area (Å²) in [5.41, 5.74) is 7.06. The molecular weight excluding hydrogens is 354 g/mol. The van der Waals surface area contributed by atoms with Gasteiger partial charge >= 0.3 is 0 Å². The van der Waals surface area contributed by atoms with E-state index in [-0.39, 0.29) is 5.43 Å². The molecule has 0 aliphatic carbocycles. The Bertz CT molecular complexity index is 1090. The van der Waals surface area contributed by atoms with Crippen LogP contribution in [-0.2, 0) is 12.8 Å². The number of benzene rings is 1. The number of aromatic nitrogens is 1. The smallest absolute Gasteiger partial charge is 0.185 e. The quantitative estimate of drug-likeness (QED) is 0.611. The Morgan fingerprint density at radius 1 is 1.30 bits per heavy atom. The molecule has 3 aromatic rings. The Morgan fingerprint density at radius 3 is 2.89 bits per heavy atom. The first-order chi connectivity index (χ1) is 13.0. The van der Waals surface area contributed by atoms with E-state index >= 15 is 0 Å². The van der Waals surface area contributed by atoms with Gasteiger partial charge in [-0.2, -0.15) is 0 Å². The lowest BCUT2D eigenvalue weighted by Gasteiger charge is -2.34. The molecule has 3 nitrogen and oxygen atoms in total. The molecular formula is C23H23NO2S. The minimum absolute atomic E-state index is 0.117. The van der Waals surface area contributed by atoms with E-state index in [4.69, 9.17) is 4.74 Å². The van der Waals surface area contributed by atoms with Gasteiger partial charge in [-0.05, 0) is 42.3 Å². The number of rotatable bonds is 2. The summed E-state index contributed by atoms with van der Waals surface area (Å²) >= 11 is 1.75. The monoisotopic (exact) mass is 377 g/mol. The molecule has 0 bridgehead atoms. The molecule has 0 spiro atoms. The topological polar surface area (TPSA) is 31.2 Å². The summed E-state index contributed by atoms with van der Waals surface area (Å²) in [7, 11) is 0. The Morgan fingerprint density at radius 2 is 2.15 bits per heavy atom. The molecule has 1 aromatic carbocycles. The van der Waals surface area contributed by atoms with E-state index in [1.165, 1.54) is 27.1 Å². The van der Waals surface area contributed by atoms with Crippen LogP contribution in [0.5, 0.6) is 5.75 Å². The predicted molar refractivity (Wildman–Crippen MR) is 111 cm³/mol. The molecule has 0 amide bonds. The van der Waals surface area contributed by atoms with Crippen molar-refractivity contribution in [3.8, 4) is 27.4 Å². The second kappa shape index (κ2) is 6.10. The van der Waals surface area contributed by atoms with Crippen molar-refractivity contribution in [3.05, 3.63) is 62.8 Å². The molecule has 0 saturated carbocycles. The van der Waals surface area contributed by atoms with Gasteiger partial charge in [-0.25, -0.2) is 0 Å². The van der Waals surface area contributed by atoms with Gasteiger partial charge in [-0.15, -0.1) is 11.3 Å². The van der Waals surface area contributed by atoms with Crippen molar-refractivity contribution in [1.82, 2.24) is 4.57 Å². The molecule has 138 valence electrons. The molecule has 4 heterocycles. The highest BCUT2D eigenvalue weighted by Gasteiger charge is 2.32. The molecule has 0 fully saturated rings. The number of pyridine rings is 1. The minimum atomic E-state index is 0.117. The number of fused-ring (bicyclic) bond motifs is 5. The summed E-state index contributed by atoms with van der Waals surface area (Å²) in [5, 5.41) is 2.12. The first kappa shape index (κ1) is 16.8. The fraction of sp³-hybridized carbons (Fsp3) is 0.348. The van der Waals surface area contributed by atoms with E-state index in [1.54, 1.807) is 11.3 Å². The Balaban J connectivity index is 1.83. The van der Waals surface area contributed by atoms with Crippen LogP contribution in [0.1, 0.15) is 36.6 Å². The van der Waals surface area contributed by atoms with Gasteiger partial charge in [0.15, 0.2) is 5.43 Å². The SMILES string of the molecule is Cc1cn2c(cc1=O)-c1c(cc(-c3cccs3)c3c1CCO3)CC2C(C)C. The third kappa shape index (κ3) is 2.50. The van der Waals surface area contributed by atoms with Crippen molar-refractivity contribution < 1.29 is 4.74 Å². The number of aryl methyl sites for hydroxylation is 1. The third-order valence-electron chi connectivity index (χ3n) is 5.92. The number of thiophene rings is 1. The van der Waals surface area contributed by atoms with Crippen LogP contribution >= 0.6 is 11.3 Å². The van der Waals surface area contributed by atoms with E-state index in [9.17, 15) is 4.79 Å². The van der Waals surface area contributed by atoms with Crippen LogP contribution in [0.4, 0.5) is 0 Å². The van der Waals surface area contributed by atoms with Crippen LogP contribution in [0.2, 0.25) is 0 Å². The first-order valence-electron chi connectivity index (χ1n) is 9.63. The fourth-order valence-electron chi connectivity index (χ4n) is 4.55. The molecule has 0 saturated heterocycles. The standard InChI is InChI=1S/C23H23NO2S/c1-13(2)18-10-15-9-17(21-5-4-8-27-21)23-16(6-7-26-23)22(15)19-11-20(25)14(3)12-24(18)19/h4-5,8-9,11-13,18H,6-7,10H2,1-3H3. The molecule has 1 atom stereocenters. The van der Waals surface area contributed by atoms with E-state index in [0.717, 1.165) is 29.8 Å². The Kier molecular flexibility index (Phi) is 3.80. The summed E-state index contributed by atoms with van der Waals surface area (Å²) in [6.45, 7) is 7.16. The molecule has 0 N–H and O–H groups in total. The van der Waals surface area contributed by atoms with Crippen LogP contribution < -0.4 is 10.2 Å². The highest BCUT2D eigenvalue weighted by molar-refractivity contribution is 7.13. The van der Waals surface area contributed by atoms with Crippen molar-refractivity contribution in [2.45, 2.75) is 39.7 Å². The van der Waals surface area contributed by atoms with Crippen LogP contribution in [0.15, 0.2) is 40.6 Å². The number of hydrogen-bond acceptors (Lipinski definition) is 3. The minimum Gasteiger partial charge on any atom is -0.492 e. The first-order valence-corrected chi connectivity index (χ1v) is 10.5. The van der Waals surface area contributed by atoms with Gasteiger partial charge < -0.3 is 9.30 Å². The molecule has 1 unspecified atom stereocenters. The molecule has 27 heavy (non-hydrogen) atoms. The highest BCUT2D eigenvalue weighted by atomic mass is 32.1. The second-order valence-electron chi connectivity index (χ2n) is 7.97. The van der Waals surface area contributed by atoms with Crippen LogP contribution in [-0.4, -0.2) is 11.2 Å². The zero-order valence-electron chi connectivity index (χ0n) is 15.9. The number of hydrogen-bond donors (Lipinski definition) is 0. The largest absolute Gasteiger partial charge is 0.492 e. The maximum atomic E-state index is 12.5. The fourth-order valence-corrected chi connectivity index (χ4v) is 5.29. The predicted octanol–water partition coefficient (Wildman–Crippen LogP) is 5.24. The molecule has 2 aromatic heterocycles. The summed E-state index contributed by atoms with van der Waals surface area (Å²) in [6, 6.07) is 8.78. The van der Waals surface area contributed by atoms with E-state index in [0.29, 0.717) is 18.6 Å². The summed E-state index contributed by atoms with van der Waals surface area (Å²) < 4.78 is 8.42. The van der Waals surface area contributed by atoms with Gasteiger partial charge in [-0.1, -0.05) is 19.9 Å². The van der Waals surface area contributed by atoms with Crippen molar-refractivity contribution in [3.63, 3.8) is 0 Å². The molecule has 0 radical (unpaired) electrons. The van der Waals surface area contributed by atoms with Gasteiger partial charge in [0, 0.05) is 51.9 Å². The lowest BCUT2D eigenvalue weighted by Crippen LogP contribution is -2.27. The maximum Gasteiger partial charge on any atom is 0.185 e. The van der Waals surface area contributed by atoms with Gasteiger partial charge in [0.05, 0.1) is 12.3 Å². The van der Waals surface area contributed by atoms with Gasteiger partial charge in [0.1, 0.15) is 5.75 Å². The Hall–Kier alpha value is -2.33. The third-order valence-corrected chi connectivity index (χ3v) is 6.83. The lowest BCUT2D eigenvalue weighted by atomic mass is 9.83. The second-order valence-corrected chi connectivity index (χ2v) is 8.92. The normalized spacial score (nSPS) is 17.4. The van der Waals surface area contributed by atoms with Gasteiger partial charge in [0.2, 0.25) is 0 Å². The maximum absolute atomic E-state index is 12.5. The van der Waals surface area contributed by atoms with E-state index < -0.39 is 0 Å². The average molecular weight is 378 g/mol. The molecule has 4 heteroatoms. The van der Waals surface area contributed by atoms with Crippen LogP contribution in [0, 0.1) is 12.8 Å². The van der Waals surface area contributed by atoms with E-state index in [2.05, 4.69) is 48.2 Å². The van der Waals surface area contributed by atoms with Gasteiger partial charge in [0.25, 0.3) is 0 Å². The van der Waals surface area contributed by atoms with Crippen LogP contribution in [0.3, 0.4) is 0 Å². The lowest BCUT2D eigenvalue weighted by molar-refractivity contribution is 0.357. The van der Waals surface area contributed by atoms with Crippen molar-refractivity contribution in [2.24, 2.45) is 5.92 Å².